The van der Waals surface area contributed by atoms with Crippen molar-refractivity contribution in [2.24, 2.45) is 0 Å². The minimum Gasteiger partial charge on any atom is -0.469 e. The van der Waals surface area contributed by atoms with E-state index in [1.54, 1.807) is 0 Å². The molecule has 6 nitrogen and oxygen atoms in total. The fraction of sp³-hybridized carbons (Fsp3) is 0.167. The van der Waals surface area contributed by atoms with E-state index >= 15 is 0 Å². The number of amides is 2. The van der Waals surface area contributed by atoms with Gasteiger partial charge in [-0.1, -0.05) is 6.07 Å². The van der Waals surface area contributed by atoms with E-state index < -0.39 is 35.0 Å². The molecule has 0 radical (unpaired) electrons. The summed E-state index contributed by atoms with van der Waals surface area (Å²) in [6.45, 7) is 0.122. The topological polar surface area (TPSA) is 84.5 Å². The van der Waals surface area contributed by atoms with E-state index in [-0.39, 0.29) is 18.7 Å². The van der Waals surface area contributed by atoms with Crippen LogP contribution in [-0.2, 0) is 9.53 Å². The lowest BCUT2D eigenvalue weighted by Gasteiger charge is -2.08. The molecule has 0 aromatic heterocycles. The Morgan fingerprint density at radius 3 is 2.15 bits per heavy atom. The zero-order valence-corrected chi connectivity index (χ0v) is 13.8. The number of esters is 1. The van der Waals surface area contributed by atoms with E-state index in [0.717, 1.165) is 18.2 Å². The van der Waals surface area contributed by atoms with Gasteiger partial charge in [0.05, 0.1) is 13.5 Å². The zero-order valence-electron chi connectivity index (χ0n) is 13.8. The third-order valence-electron chi connectivity index (χ3n) is 3.44. The monoisotopic (exact) mass is 362 g/mol. The molecule has 0 atom stereocenters. The minimum absolute atomic E-state index is 0.0462. The molecule has 2 N–H and O–H groups in total. The lowest BCUT2D eigenvalue weighted by Crippen LogP contribution is -2.26. The van der Waals surface area contributed by atoms with Gasteiger partial charge in [0.1, 0.15) is 17.2 Å². The quantitative estimate of drug-likeness (QED) is 0.774. The van der Waals surface area contributed by atoms with Crippen LogP contribution in [0.25, 0.3) is 0 Å². The molecular weight excluding hydrogens is 346 g/mol. The van der Waals surface area contributed by atoms with Gasteiger partial charge in [-0.05, 0) is 36.4 Å². The second-order valence-electron chi connectivity index (χ2n) is 5.21. The van der Waals surface area contributed by atoms with Gasteiger partial charge in [-0.25, -0.2) is 8.78 Å². The Bertz CT molecular complexity index is 802. The molecule has 0 saturated heterocycles. The van der Waals surface area contributed by atoms with Crippen LogP contribution in [-0.4, -0.2) is 31.4 Å². The highest BCUT2D eigenvalue weighted by Gasteiger charge is 2.17. The van der Waals surface area contributed by atoms with Gasteiger partial charge >= 0.3 is 5.97 Å². The van der Waals surface area contributed by atoms with Crippen molar-refractivity contribution in [3.63, 3.8) is 0 Å². The van der Waals surface area contributed by atoms with E-state index in [2.05, 4.69) is 15.4 Å². The summed E-state index contributed by atoms with van der Waals surface area (Å²) in [4.78, 5) is 34.9. The van der Waals surface area contributed by atoms with Crippen molar-refractivity contribution in [3.05, 3.63) is 65.2 Å². The Hall–Kier alpha value is -3.29. The summed E-state index contributed by atoms with van der Waals surface area (Å²) in [5, 5.41) is 4.90. The molecule has 8 heteroatoms. The number of benzene rings is 2. The Morgan fingerprint density at radius 2 is 1.58 bits per heavy atom. The highest BCUT2D eigenvalue weighted by Crippen LogP contribution is 2.16. The third-order valence-corrected chi connectivity index (χ3v) is 3.44. The Labute approximate surface area is 148 Å². The van der Waals surface area contributed by atoms with Gasteiger partial charge in [-0.2, -0.15) is 0 Å². The molecule has 26 heavy (non-hydrogen) atoms. The van der Waals surface area contributed by atoms with Crippen molar-refractivity contribution in [2.45, 2.75) is 6.42 Å². The minimum atomic E-state index is -0.968. The van der Waals surface area contributed by atoms with Gasteiger partial charge in [-0.15, -0.1) is 0 Å². The average molecular weight is 362 g/mol. The van der Waals surface area contributed by atoms with Crippen molar-refractivity contribution >= 4 is 23.5 Å². The predicted octanol–water partition coefficient (Wildman–Crippen LogP) is 2.51. The maximum absolute atomic E-state index is 13.6. The molecule has 0 bridgehead atoms. The number of methoxy groups -OCH3 is 1. The summed E-state index contributed by atoms with van der Waals surface area (Å²) in [6.07, 6.45) is 0.0462. The number of rotatable bonds is 6. The van der Waals surface area contributed by atoms with Gasteiger partial charge < -0.3 is 15.4 Å². The first kappa shape index (κ1) is 19.0. The number of hydrogen-bond donors (Lipinski definition) is 2. The standard InChI is InChI=1S/C18H16F2N2O4/c1-26-15(23)9-10-21-17(24)11-5-7-12(8-6-11)22-18(25)16-13(19)3-2-4-14(16)20/h2-8H,9-10H2,1H3,(H,21,24)(H,22,25). The van der Waals surface area contributed by atoms with E-state index in [1.165, 1.54) is 31.4 Å². The van der Waals surface area contributed by atoms with Crippen LogP contribution in [0.5, 0.6) is 0 Å². The van der Waals surface area contributed by atoms with E-state index in [4.69, 9.17) is 0 Å². The number of hydrogen-bond acceptors (Lipinski definition) is 4. The van der Waals surface area contributed by atoms with Gasteiger partial charge in [-0.3, -0.25) is 14.4 Å². The van der Waals surface area contributed by atoms with E-state index in [9.17, 15) is 23.2 Å². The number of carbonyl (C=O) groups is 3. The highest BCUT2D eigenvalue weighted by molar-refractivity contribution is 6.05. The van der Waals surface area contributed by atoms with Gasteiger partial charge in [0.15, 0.2) is 0 Å². The normalized spacial score (nSPS) is 10.1. The fourth-order valence-corrected chi connectivity index (χ4v) is 2.10. The summed E-state index contributed by atoms with van der Waals surface area (Å²) in [5.74, 6) is -3.72. The summed E-state index contributed by atoms with van der Waals surface area (Å²) >= 11 is 0. The maximum atomic E-state index is 13.6. The molecular formula is C18H16F2N2O4. The summed E-state index contributed by atoms with van der Waals surface area (Å²) in [7, 11) is 1.25. The first-order chi connectivity index (χ1) is 12.4. The summed E-state index contributed by atoms with van der Waals surface area (Å²) < 4.78 is 31.6. The van der Waals surface area contributed by atoms with Gasteiger partial charge in [0.25, 0.3) is 11.8 Å². The second kappa shape index (κ2) is 8.70. The maximum Gasteiger partial charge on any atom is 0.307 e. The molecule has 0 heterocycles. The molecule has 136 valence electrons. The van der Waals surface area contributed by atoms with E-state index in [0.29, 0.717) is 5.56 Å². The summed E-state index contributed by atoms with van der Waals surface area (Å²) in [6, 6.07) is 8.84. The smallest absolute Gasteiger partial charge is 0.307 e. The number of carbonyl (C=O) groups excluding carboxylic acids is 3. The van der Waals surface area contributed by atoms with Crippen molar-refractivity contribution in [1.29, 1.82) is 0 Å². The zero-order chi connectivity index (χ0) is 19.1. The third kappa shape index (κ3) is 4.85. The largest absolute Gasteiger partial charge is 0.469 e. The van der Waals surface area contributed by atoms with Gasteiger partial charge in [0, 0.05) is 17.8 Å². The van der Waals surface area contributed by atoms with Crippen LogP contribution in [0.15, 0.2) is 42.5 Å². The SMILES string of the molecule is COC(=O)CCNC(=O)c1ccc(NC(=O)c2c(F)cccc2F)cc1. The molecule has 0 unspecified atom stereocenters. The van der Waals surface area contributed by atoms with Crippen molar-refractivity contribution in [3.8, 4) is 0 Å². The first-order valence-corrected chi connectivity index (χ1v) is 7.63. The van der Waals surface area contributed by atoms with Crippen LogP contribution in [0.2, 0.25) is 0 Å². The Morgan fingerprint density at radius 1 is 0.962 bits per heavy atom. The van der Waals surface area contributed by atoms with Crippen LogP contribution in [0, 0.1) is 11.6 Å². The molecule has 0 fully saturated rings. The summed E-state index contributed by atoms with van der Waals surface area (Å²) in [5.41, 5.74) is -0.120. The Kier molecular flexibility index (Phi) is 6.37. The predicted molar refractivity (Wildman–Crippen MR) is 89.7 cm³/mol. The van der Waals surface area contributed by atoms with Crippen LogP contribution >= 0.6 is 0 Å². The van der Waals surface area contributed by atoms with Crippen molar-refractivity contribution < 1.29 is 27.9 Å². The van der Waals surface area contributed by atoms with Crippen molar-refractivity contribution in [2.75, 3.05) is 19.0 Å². The fourth-order valence-electron chi connectivity index (χ4n) is 2.10. The molecule has 0 aliphatic rings. The lowest BCUT2D eigenvalue weighted by molar-refractivity contribution is -0.140. The number of nitrogens with one attached hydrogen (secondary N) is 2. The first-order valence-electron chi connectivity index (χ1n) is 7.63. The van der Waals surface area contributed by atoms with Crippen LogP contribution in [0.4, 0.5) is 14.5 Å². The van der Waals surface area contributed by atoms with Crippen LogP contribution in [0.3, 0.4) is 0 Å². The molecule has 2 aromatic carbocycles. The number of halogens is 2. The highest BCUT2D eigenvalue weighted by atomic mass is 19.1. The second-order valence-corrected chi connectivity index (χ2v) is 5.21. The van der Waals surface area contributed by atoms with Crippen LogP contribution in [0.1, 0.15) is 27.1 Å². The van der Waals surface area contributed by atoms with Crippen LogP contribution < -0.4 is 10.6 Å². The lowest BCUT2D eigenvalue weighted by atomic mass is 10.1. The molecule has 0 spiro atoms. The molecule has 0 saturated carbocycles. The van der Waals surface area contributed by atoms with Gasteiger partial charge in [0.2, 0.25) is 0 Å². The van der Waals surface area contributed by atoms with E-state index in [1.807, 2.05) is 0 Å². The molecule has 2 aromatic rings. The average Bonchev–Trinajstić information content (AvgIpc) is 2.61. The molecule has 0 aliphatic carbocycles. The molecule has 2 amide bonds. The number of ether oxygens (including phenoxy) is 1. The molecule has 2 rings (SSSR count). The number of anilines is 1. The Balaban J connectivity index is 1.98. The van der Waals surface area contributed by atoms with Crippen molar-refractivity contribution in [1.82, 2.24) is 5.32 Å². The molecule has 0 aliphatic heterocycles.